The number of aliphatic hydroxyl groups excluding tert-OH is 1. The molecule has 158 valence electrons. The first-order valence-corrected chi connectivity index (χ1v) is 9.81. The zero-order chi connectivity index (χ0) is 21.3. The van der Waals surface area contributed by atoms with E-state index in [4.69, 9.17) is 9.47 Å². The summed E-state index contributed by atoms with van der Waals surface area (Å²) < 4.78 is 23.7. The number of fused-ring (bicyclic) bond motifs is 2. The van der Waals surface area contributed by atoms with Crippen LogP contribution < -0.4 is 14.8 Å². The summed E-state index contributed by atoms with van der Waals surface area (Å²) in [5.74, 6) is 0.324. The summed E-state index contributed by atoms with van der Waals surface area (Å²) in [7, 11) is 1.58. The molecule has 2 aliphatic rings. The average molecular weight is 414 g/mol. The summed E-state index contributed by atoms with van der Waals surface area (Å²) in [5.41, 5.74) is 0.623. The van der Waals surface area contributed by atoms with Gasteiger partial charge in [0.2, 0.25) is 0 Å². The van der Waals surface area contributed by atoms with Gasteiger partial charge in [-0.1, -0.05) is 6.07 Å². The molecule has 8 heteroatoms. The van der Waals surface area contributed by atoms with Crippen LogP contribution in [0, 0.1) is 5.82 Å². The molecule has 3 amide bonds. The van der Waals surface area contributed by atoms with Crippen molar-refractivity contribution >= 4 is 11.9 Å². The molecule has 4 rings (SSSR count). The number of methoxy groups -OCH3 is 1. The van der Waals surface area contributed by atoms with Gasteiger partial charge in [0.1, 0.15) is 35.6 Å². The molecule has 1 spiro atoms. The zero-order valence-corrected chi connectivity index (χ0v) is 16.6. The van der Waals surface area contributed by atoms with Gasteiger partial charge in [0.05, 0.1) is 13.7 Å². The first kappa shape index (κ1) is 20.2. The molecule has 30 heavy (non-hydrogen) atoms. The number of rotatable bonds is 6. The Morgan fingerprint density at radius 2 is 1.93 bits per heavy atom. The monoisotopic (exact) mass is 414 g/mol. The van der Waals surface area contributed by atoms with E-state index in [9.17, 15) is 19.1 Å². The summed E-state index contributed by atoms with van der Waals surface area (Å²) in [6, 6.07) is 10.3. The van der Waals surface area contributed by atoms with Gasteiger partial charge in [-0.3, -0.25) is 9.69 Å². The second-order valence-corrected chi connectivity index (χ2v) is 7.55. The predicted octanol–water partition coefficient (Wildman–Crippen LogP) is 2.36. The van der Waals surface area contributed by atoms with Crippen molar-refractivity contribution in [2.45, 2.75) is 30.9 Å². The molecule has 0 saturated carbocycles. The number of ether oxygens (including phenoxy) is 2. The van der Waals surface area contributed by atoms with Crippen LogP contribution in [0.2, 0.25) is 0 Å². The number of β-amino-alcohol motifs (C(OH)–C–C–N with tert-alkyl or cyclic N) is 1. The fourth-order valence-electron chi connectivity index (χ4n) is 4.13. The van der Waals surface area contributed by atoms with Crippen LogP contribution in [0.25, 0.3) is 0 Å². The predicted molar refractivity (Wildman–Crippen MR) is 106 cm³/mol. The van der Waals surface area contributed by atoms with Crippen molar-refractivity contribution in [3.05, 3.63) is 59.4 Å². The Morgan fingerprint density at radius 3 is 2.67 bits per heavy atom. The number of carbonyl (C=O) groups excluding carboxylic acids is 2. The van der Waals surface area contributed by atoms with Gasteiger partial charge in [0.15, 0.2) is 0 Å². The molecule has 0 bridgehead atoms. The summed E-state index contributed by atoms with van der Waals surface area (Å²) >= 11 is 0. The first-order chi connectivity index (χ1) is 14.4. The van der Waals surface area contributed by atoms with Gasteiger partial charge < -0.3 is 19.9 Å². The number of nitrogens with one attached hydrogen (secondary N) is 1. The SMILES string of the molecule is COc1ccc2c(c1)CCCC21NC(=O)N(CC(O)COc2ccc(F)cc2)C1=O. The number of amides is 3. The molecule has 0 radical (unpaired) electrons. The Kier molecular flexibility index (Phi) is 5.34. The van der Waals surface area contributed by atoms with Crippen LogP contribution in [-0.4, -0.2) is 48.3 Å². The molecule has 1 fully saturated rings. The molecule has 1 aliphatic carbocycles. The Labute approximate surface area is 173 Å². The summed E-state index contributed by atoms with van der Waals surface area (Å²) in [4.78, 5) is 26.9. The van der Waals surface area contributed by atoms with E-state index in [0.29, 0.717) is 17.9 Å². The van der Waals surface area contributed by atoms with Crippen LogP contribution in [0.5, 0.6) is 11.5 Å². The number of urea groups is 1. The number of carbonyl (C=O) groups is 2. The number of halogens is 1. The van der Waals surface area contributed by atoms with Gasteiger partial charge in [-0.25, -0.2) is 9.18 Å². The van der Waals surface area contributed by atoms with E-state index < -0.39 is 23.5 Å². The van der Waals surface area contributed by atoms with Crippen molar-refractivity contribution in [2.24, 2.45) is 0 Å². The van der Waals surface area contributed by atoms with Crippen LogP contribution in [0.3, 0.4) is 0 Å². The minimum atomic E-state index is -1.12. The third-order valence-corrected chi connectivity index (χ3v) is 5.60. The lowest BCUT2D eigenvalue weighted by Crippen LogP contribution is -2.47. The van der Waals surface area contributed by atoms with Gasteiger partial charge in [-0.2, -0.15) is 0 Å². The highest BCUT2D eigenvalue weighted by Crippen LogP contribution is 2.41. The molecular formula is C22H23FN2O5. The number of aryl methyl sites for hydroxylation is 1. The fraction of sp³-hybridized carbons (Fsp3) is 0.364. The maximum absolute atomic E-state index is 13.3. The Bertz CT molecular complexity index is 965. The van der Waals surface area contributed by atoms with Crippen LogP contribution >= 0.6 is 0 Å². The van der Waals surface area contributed by atoms with E-state index in [-0.39, 0.29) is 19.1 Å². The minimum absolute atomic E-state index is 0.135. The smallest absolute Gasteiger partial charge is 0.325 e. The maximum atomic E-state index is 13.3. The third kappa shape index (κ3) is 3.59. The van der Waals surface area contributed by atoms with E-state index in [0.717, 1.165) is 28.9 Å². The van der Waals surface area contributed by atoms with E-state index >= 15 is 0 Å². The van der Waals surface area contributed by atoms with E-state index in [1.165, 1.54) is 24.3 Å². The van der Waals surface area contributed by atoms with Crippen LogP contribution in [0.1, 0.15) is 24.0 Å². The van der Waals surface area contributed by atoms with E-state index in [1.54, 1.807) is 13.2 Å². The lowest BCUT2D eigenvalue weighted by Gasteiger charge is -2.33. The largest absolute Gasteiger partial charge is 0.497 e. The van der Waals surface area contributed by atoms with Gasteiger partial charge in [0.25, 0.3) is 5.91 Å². The second-order valence-electron chi connectivity index (χ2n) is 7.55. The van der Waals surface area contributed by atoms with Gasteiger partial charge >= 0.3 is 6.03 Å². The normalized spacial score (nSPS) is 21.4. The highest BCUT2D eigenvalue weighted by Gasteiger charge is 2.54. The Morgan fingerprint density at radius 1 is 1.20 bits per heavy atom. The molecule has 2 aromatic rings. The molecule has 2 unspecified atom stereocenters. The second kappa shape index (κ2) is 7.95. The van der Waals surface area contributed by atoms with Crippen molar-refractivity contribution in [1.29, 1.82) is 0 Å². The summed E-state index contributed by atoms with van der Waals surface area (Å²) in [6.45, 7) is -0.331. The van der Waals surface area contributed by atoms with Gasteiger partial charge in [-0.05, 0) is 66.8 Å². The van der Waals surface area contributed by atoms with Crippen LogP contribution in [-0.2, 0) is 16.8 Å². The van der Waals surface area contributed by atoms with Crippen molar-refractivity contribution in [3.8, 4) is 11.5 Å². The Balaban J connectivity index is 1.47. The molecule has 1 aliphatic heterocycles. The van der Waals surface area contributed by atoms with Crippen molar-refractivity contribution in [3.63, 3.8) is 0 Å². The lowest BCUT2D eigenvalue weighted by molar-refractivity contribution is -0.133. The number of aliphatic hydroxyl groups is 1. The number of nitrogens with zero attached hydrogens (tertiary/aromatic N) is 1. The quantitative estimate of drug-likeness (QED) is 0.709. The van der Waals surface area contributed by atoms with Gasteiger partial charge in [-0.15, -0.1) is 0 Å². The highest BCUT2D eigenvalue weighted by molar-refractivity contribution is 6.07. The van der Waals surface area contributed by atoms with Crippen molar-refractivity contribution < 1.29 is 28.6 Å². The average Bonchev–Trinajstić information content (AvgIpc) is 2.98. The van der Waals surface area contributed by atoms with E-state index in [2.05, 4.69) is 5.32 Å². The van der Waals surface area contributed by atoms with Crippen LogP contribution in [0.15, 0.2) is 42.5 Å². The molecular weight excluding hydrogens is 391 g/mol. The number of benzene rings is 2. The van der Waals surface area contributed by atoms with Crippen molar-refractivity contribution in [1.82, 2.24) is 10.2 Å². The fourth-order valence-corrected chi connectivity index (χ4v) is 4.13. The minimum Gasteiger partial charge on any atom is -0.497 e. The molecule has 2 atom stereocenters. The molecule has 7 nitrogen and oxygen atoms in total. The van der Waals surface area contributed by atoms with E-state index in [1.807, 2.05) is 12.1 Å². The lowest BCUT2D eigenvalue weighted by atomic mass is 9.76. The van der Waals surface area contributed by atoms with Crippen LogP contribution in [0.4, 0.5) is 9.18 Å². The molecule has 2 aromatic carbocycles. The summed E-state index contributed by atoms with van der Waals surface area (Å²) in [5, 5.41) is 13.2. The van der Waals surface area contributed by atoms with Gasteiger partial charge in [0, 0.05) is 0 Å². The topological polar surface area (TPSA) is 88.1 Å². The third-order valence-electron chi connectivity index (χ3n) is 5.60. The number of imide groups is 1. The number of hydrogen-bond donors (Lipinski definition) is 2. The Hall–Kier alpha value is -3.13. The standard InChI is InChI=1S/C22H23FN2O5/c1-29-18-8-9-19-14(11-18)3-2-10-22(19)20(27)25(21(28)24-22)12-16(26)13-30-17-6-4-15(23)5-7-17/h4-9,11,16,26H,2-3,10,12-13H2,1H3,(H,24,28). The molecule has 1 saturated heterocycles. The molecule has 1 heterocycles. The van der Waals surface area contributed by atoms with Crippen molar-refractivity contribution in [2.75, 3.05) is 20.3 Å². The number of hydrogen-bond acceptors (Lipinski definition) is 5. The first-order valence-electron chi connectivity index (χ1n) is 9.81. The highest BCUT2D eigenvalue weighted by atomic mass is 19.1. The molecule has 2 N–H and O–H groups in total. The molecule has 0 aromatic heterocycles. The zero-order valence-electron chi connectivity index (χ0n) is 16.6. The summed E-state index contributed by atoms with van der Waals surface area (Å²) in [6.07, 6.45) is 0.955. The maximum Gasteiger partial charge on any atom is 0.325 e.